The van der Waals surface area contributed by atoms with Gasteiger partial charge in [-0.1, -0.05) is 12.1 Å². The van der Waals surface area contributed by atoms with Gasteiger partial charge in [-0.25, -0.2) is 13.2 Å². The second-order valence-electron chi connectivity index (χ2n) is 8.09. The molecule has 0 atom stereocenters. The summed E-state index contributed by atoms with van der Waals surface area (Å²) in [6.07, 6.45) is -2.71. The molecule has 0 N–H and O–H groups in total. The molecule has 2 aliphatic heterocycles. The lowest BCUT2D eigenvalue weighted by molar-refractivity contribution is -0.137. The lowest BCUT2D eigenvalue weighted by Gasteiger charge is -2.26. The van der Waals surface area contributed by atoms with Crippen molar-refractivity contribution in [3.8, 4) is 17.2 Å². The number of rotatable bonds is 5. The fourth-order valence-corrected chi connectivity index (χ4v) is 3.94. The highest BCUT2D eigenvalue weighted by molar-refractivity contribution is 7.95. The Balaban J connectivity index is 0.000000194. The molecule has 0 unspecified atom stereocenters. The molecule has 3 aromatic carbocycles. The minimum Gasteiger partial charge on any atom is -0.493 e. The van der Waals surface area contributed by atoms with Crippen LogP contribution in [-0.2, 0) is 17.3 Å². The van der Waals surface area contributed by atoms with Crippen molar-refractivity contribution in [2.45, 2.75) is 30.0 Å². The Bertz CT molecular complexity index is 1270. The van der Waals surface area contributed by atoms with Crippen LogP contribution in [-0.4, -0.2) is 25.9 Å². The molecular weight excluding hydrogens is 548 g/mol. The predicted octanol–water partition coefficient (Wildman–Crippen LogP) is 7.28. The molecule has 13 heteroatoms. The minimum atomic E-state index is -4.32. The monoisotopic (exact) mass is 566 g/mol. The van der Waals surface area contributed by atoms with Crippen molar-refractivity contribution in [1.29, 1.82) is 0 Å². The molecule has 2 aliphatic rings. The van der Waals surface area contributed by atoms with Crippen molar-refractivity contribution >= 4 is 12.0 Å². The van der Waals surface area contributed by atoms with E-state index in [2.05, 4.69) is 0 Å². The van der Waals surface area contributed by atoms with E-state index < -0.39 is 46.6 Å². The molecule has 38 heavy (non-hydrogen) atoms. The number of halogens is 8. The Hall–Kier alpha value is -3.19. The topological polar surface area (TPSA) is 36.9 Å². The molecule has 0 aliphatic carbocycles. The normalized spacial score (nSPS) is 14.9. The smallest absolute Gasteiger partial charge is 0.416 e. The first-order valence-corrected chi connectivity index (χ1v) is 11.8. The molecule has 0 spiro atoms. The predicted molar refractivity (Wildman–Crippen MR) is 120 cm³/mol. The summed E-state index contributed by atoms with van der Waals surface area (Å²) in [4.78, 5) is 0.412. The van der Waals surface area contributed by atoms with E-state index in [0.29, 0.717) is 42.5 Å². The van der Waals surface area contributed by atoms with Gasteiger partial charge in [0.05, 0.1) is 42.3 Å². The van der Waals surface area contributed by atoms with E-state index in [1.165, 1.54) is 12.1 Å². The van der Waals surface area contributed by atoms with Gasteiger partial charge in [0, 0.05) is 0 Å². The van der Waals surface area contributed by atoms with Crippen LogP contribution < -0.4 is 13.7 Å². The molecule has 5 rings (SSSR count). The van der Waals surface area contributed by atoms with E-state index in [1.807, 2.05) is 0 Å². The molecule has 204 valence electrons. The van der Waals surface area contributed by atoms with Gasteiger partial charge < -0.3 is 18.4 Å². The molecule has 1 saturated heterocycles. The summed E-state index contributed by atoms with van der Waals surface area (Å²) in [5.41, 5.74) is 0.289. The van der Waals surface area contributed by atoms with Crippen LogP contribution >= 0.6 is 12.0 Å². The van der Waals surface area contributed by atoms with Crippen molar-refractivity contribution in [2.75, 3.05) is 19.8 Å². The summed E-state index contributed by atoms with van der Waals surface area (Å²) in [7, 11) is 0. The van der Waals surface area contributed by atoms with Gasteiger partial charge in [-0.05, 0) is 48.7 Å². The van der Waals surface area contributed by atoms with E-state index in [4.69, 9.17) is 18.4 Å². The number of hydrogen-bond acceptors (Lipinski definition) is 5. The van der Waals surface area contributed by atoms with Gasteiger partial charge in [-0.2, -0.15) is 22.0 Å². The van der Waals surface area contributed by atoms with Crippen LogP contribution in [0.2, 0.25) is 0 Å². The van der Waals surface area contributed by atoms with Gasteiger partial charge in [-0.3, -0.25) is 0 Å². The number of hydrogen-bond donors (Lipinski definition) is 0. The average molecular weight is 566 g/mol. The van der Waals surface area contributed by atoms with Crippen molar-refractivity contribution in [2.24, 2.45) is 0 Å². The molecular formula is C25H18F8O4S. The van der Waals surface area contributed by atoms with Crippen LogP contribution in [0.1, 0.15) is 17.5 Å². The fraction of sp³-hybridized carbons (Fsp3) is 0.280. The van der Waals surface area contributed by atoms with E-state index in [1.54, 1.807) is 18.2 Å². The molecule has 1 fully saturated rings. The van der Waals surface area contributed by atoms with Crippen LogP contribution in [0.3, 0.4) is 0 Å². The number of ether oxygens (including phenoxy) is 3. The summed E-state index contributed by atoms with van der Waals surface area (Å²) in [6.45, 7) is 1.44. The highest BCUT2D eigenvalue weighted by Crippen LogP contribution is 2.36. The molecule has 0 saturated carbocycles. The highest BCUT2D eigenvalue weighted by Gasteiger charge is 2.31. The highest BCUT2D eigenvalue weighted by atomic mass is 32.2. The van der Waals surface area contributed by atoms with Gasteiger partial charge in [0.25, 0.3) is 0 Å². The van der Waals surface area contributed by atoms with E-state index >= 15 is 0 Å². The molecule has 0 aromatic heterocycles. The Kier molecular flexibility index (Phi) is 8.56. The van der Waals surface area contributed by atoms with E-state index in [-0.39, 0.29) is 11.9 Å². The Morgan fingerprint density at radius 3 is 2.16 bits per heavy atom. The third-order valence-corrected chi connectivity index (χ3v) is 6.05. The Morgan fingerprint density at radius 1 is 0.842 bits per heavy atom. The zero-order valence-corrected chi connectivity index (χ0v) is 20.0. The second-order valence-corrected chi connectivity index (χ2v) is 8.89. The second kappa shape index (κ2) is 11.7. The maximum absolute atomic E-state index is 13.5. The summed E-state index contributed by atoms with van der Waals surface area (Å²) in [5.74, 6) is -10.8. The van der Waals surface area contributed by atoms with Gasteiger partial charge in [-0.15, -0.1) is 0 Å². The largest absolute Gasteiger partial charge is 0.493 e. The van der Waals surface area contributed by atoms with Gasteiger partial charge in [0.15, 0.2) is 0 Å². The summed E-state index contributed by atoms with van der Waals surface area (Å²) in [6, 6.07) is 9.82. The lowest BCUT2D eigenvalue weighted by atomic mass is 10.1. The fourth-order valence-electron chi connectivity index (χ4n) is 3.34. The zero-order valence-electron chi connectivity index (χ0n) is 19.2. The number of benzene rings is 3. The van der Waals surface area contributed by atoms with Crippen molar-refractivity contribution in [1.82, 2.24) is 0 Å². The van der Waals surface area contributed by atoms with Gasteiger partial charge in [0.2, 0.25) is 34.8 Å². The average Bonchev–Trinajstić information content (AvgIpc) is 2.88. The van der Waals surface area contributed by atoms with Crippen LogP contribution in [0.25, 0.3) is 0 Å². The minimum absolute atomic E-state index is 0.117. The maximum Gasteiger partial charge on any atom is 0.416 e. The van der Waals surface area contributed by atoms with Crippen molar-refractivity contribution in [3.05, 3.63) is 82.7 Å². The Morgan fingerprint density at radius 2 is 1.53 bits per heavy atom. The summed E-state index contributed by atoms with van der Waals surface area (Å²) < 4.78 is 123. The van der Waals surface area contributed by atoms with E-state index in [9.17, 15) is 35.1 Å². The van der Waals surface area contributed by atoms with E-state index in [0.717, 1.165) is 30.5 Å². The summed E-state index contributed by atoms with van der Waals surface area (Å²) >= 11 is 0.482. The SMILES string of the molecule is FC(F)(F)c1cccc(OC2COC2)c1.Fc1c(F)c(F)c(OSc2ccc3c(c2)OCCC3)c(F)c1F. The molecule has 4 nitrogen and oxygen atoms in total. The zero-order chi connectivity index (χ0) is 27.4. The number of fused-ring (bicyclic) bond motifs is 1. The first kappa shape index (κ1) is 27.8. The quantitative estimate of drug-likeness (QED) is 0.141. The summed E-state index contributed by atoms with van der Waals surface area (Å²) in [5, 5.41) is 0. The van der Waals surface area contributed by atoms with Crippen LogP contribution in [0, 0.1) is 29.1 Å². The van der Waals surface area contributed by atoms with Gasteiger partial charge in [0.1, 0.15) is 17.6 Å². The first-order valence-electron chi connectivity index (χ1n) is 11.1. The van der Waals surface area contributed by atoms with Crippen LogP contribution in [0.5, 0.6) is 17.2 Å². The van der Waals surface area contributed by atoms with Crippen molar-refractivity contribution < 1.29 is 53.5 Å². The number of aryl methyl sites for hydroxylation is 1. The molecule has 0 amide bonds. The van der Waals surface area contributed by atoms with Crippen LogP contribution in [0.4, 0.5) is 35.1 Å². The van der Waals surface area contributed by atoms with Crippen LogP contribution in [0.15, 0.2) is 47.4 Å². The number of alkyl halides is 3. The lowest BCUT2D eigenvalue weighted by Crippen LogP contribution is -2.38. The third-order valence-electron chi connectivity index (χ3n) is 5.35. The Labute approximate surface area is 215 Å². The third kappa shape index (κ3) is 6.44. The molecule has 3 aromatic rings. The standard InChI is InChI=1S/C15H9F5O2S.C10H9F3O2/c16-10-11(17)13(19)15(14(20)12(10)18)22-23-8-4-3-7-2-1-5-21-9(7)6-8;11-10(12,13)7-2-1-3-8(4-7)15-9-5-14-6-9/h3-4,6H,1-2,5H2;1-4,9H,5-6H2. The molecule has 0 bridgehead atoms. The molecule has 2 heterocycles. The van der Waals surface area contributed by atoms with Gasteiger partial charge >= 0.3 is 6.18 Å². The van der Waals surface area contributed by atoms with Crippen molar-refractivity contribution in [3.63, 3.8) is 0 Å². The first-order chi connectivity index (χ1) is 18.0. The maximum atomic E-state index is 13.5. The molecule has 0 radical (unpaired) electrons.